The first-order valence-corrected chi connectivity index (χ1v) is 7.62. The molecule has 0 spiro atoms. The number of benzene rings is 1. The van der Waals surface area contributed by atoms with E-state index < -0.39 is 11.9 Å². The van der Waals surface area contributed by atoms with Crippen molar-refractivity contribution in [3.8, 4) is 5.75 Å². The molecule has 5 nitrogen and oxygen atoms in total. The first-order valence-electron chi connectivity index (χ1n) is 6.04. The van der Waals surface area contributed by atoms with Crippen LogP contribution in [-0.4, -0.2) is 25.1 Å². The number of nitrogens with one attached hydrogen (secondary N) is 2. The second-order valence-corrected chi connectivity index (χ2v) is 6.29. The van der Waals surface area contributed by atoms with Gasteiger partial charge in [0.1, 0.15) is 5.75 Å². The van der Waals surface area contributed by atoms with E-state index in [0.29, 0.717) is 18.2 Å². The summed E-state index contributed by atoms with van der Waals surface area (Å²) in [6.45, 7) is 4.22. The highest BCUT2D eigenvalue weighted by atomic mass is 79.9. The molecule has 0 unspecified atom stereocenters. The molecular formula is C13H16Br2N2O3. The van der Waals surface area contributed by atoms with Gasteiger partial charge >= 0.3 is 6.03 Å². The average molecular weight is 408 g/mol. The smallest absolute Gasteiger partial charge is 0.321 e. The molecule has 0 bridgehead atoms. The Morgan fingerprint density at radius 2 is 2.00 bits per heavy atom. The number of carbonyl (C=O) groups excluding carboxylic acids is 2. The van der Waals surface area contributed by atoms with Gasteiger partial charge in [0.15, 0.2) is 6.61 Å². The fourth-order valence-electron chi connectivity index (χ4n) is 1.24. The monoisotopic (exact) mass is 406 g/mol. The zero-order valence-corrected chi connectivity index (χ0v) is 14.4. The highest BCUT2D eigenvalue weighted by Crippen LogP contribution is 2.27. The van der Waals surface area contributed by atoms with Gasteiger partial charge in [0.25, 0.3) is 5.91 Å². The van der Waals surface area contributed by atoms with Crippen molar-refractivity contribution in [3.05, 3.63) is 27.1 Å². The van der Waals surface area contributed by atoms with E-state index in [9.17, 15) is 9.59 Å². The molecule has 1 aromatic carbocycles. The Labute approximate surface area is 134 Å². The normalized spacial score (nSPS) is 10.2. The molecular weight excluding hydrogens is 392 g/mol. The maximum absolute atomic E-state index is 11.5. The number of ether oxygens (including phenoxy) is 1. The van der Waals surface area contributed by atoms with Crippen molar-refractivity contribution in [2.24, 2.45) is 5.92 Å². The summed E-state index contributed by atoms with van der Waals surface area (Å²) in [5, 5.41) is 4.79. The second-order valence-electron chi connectivity index (χ2n) is 4.52. The van der Waals surface area contributed by atoms with Gasteiger partial charge in [-0.05, 0) is 40.0 Å². The lowest BCUT2D eigenvalue weighted by Gasteiger charge is -2.10. The molecule has 0 heterocycles. The lowest BCUT2D eigenvalue weighted by molar-refractivity contribution is -0.122. The van der Waals surface area contributed by atoms with Gasteiger partial charge in [0, 0.05) is 11.0 Å². The molecule has 0 aliphatic rings. The number of hydrogen-bond acceptors (Lipinski definition) is 3. The molecule has 7 heteroatoms. The number of urea groups is 1. The number of halogens is 2. The van der Waals surface area contributed by atoms with E-state index in [2.05, 4.69) is 42.5 Å². The lowest BCUT2D eigenvalue weighted by atomic mass is 10.2. The van der Waals surface area contributed by atoms with E-state index in [1.807, 2.05) is 19.9 Å². The number of carbonyl (C=O) groups is 2. The van der Waals surface area contributed by atoms with Crippen LogP contribution < -0.4 is 15.4 Å². The summed E-state index contributed by atoms with van der Waals surface area (Å²) in [5.41, 5.74) is 0. The highest BCUT2D eigenvalue weighted by molar-refractivity contribution is 9.11. The van der Waals surface area contributed by atoms with Crippen LogP contribution in [0.2, 0.25) is 0 Å². The fraction of sp³-hybridized carbons (Fsp3) is 0.385. The Balaban J connectivity index is 2.38. The number of rotatable bonds is 5. The predicted molar refractivity (Wildman–Crippen MR) is 83.7 cm³/mol. The molecule has 0 aliphatic heterocycles. The summed E-state index contributed by atoms with van der Waals surface area (Å²) in [6.07, 6.45) is 0. The minimum Gasteiger partial charge on any atom is -0.483 e. The minimum absolute atomic E-state index is 0.227. The largest absolute Gasteiger partial charge is 0.483 e. The molecule has 0 saturated heterocycles. The number of hydrogen-bond donors (Lipinski definition) is 2. The number of amides is 3. The third kappa shape index (κ3) is 6.38. The molecule has 0 fully saturated rings. The predicted octanol–water partition coefficient (Wildman–Crippen LogP) is 3.07. The summed E-state index contributed by atoms with van der Waals surface area (Å²) in [6, 6.07) is 4.82. The van der Waals surface area contributed by atoms with Crippen LogP contribution in [0.1, 0.15) is 13.8 Å². The van der Waals surface area contributed by atoms with Crippen LogP contribution in [0.3, 0.4) is 0 Å². The van der Waals surface area contributed by atoms with Crippen LogP contribution in [0.4, 0.5) is 4.79 Å². The summed E-state index contributed by atoms with van der Waals surface area (Å²) in [5.74, 6) is 0.359. The van der Waals surface area contributed by atoms with Gasteiger partial charge in [-0.1, -0.05) is 29.8 Å². The van der Waals surface area contributed by atoms with E-state index in [-0.39, 0.29) is 6.61 Å². The summed E-state index contributed by atoms with van der Waals surface area (Å²) < 4.78 is 6.94. The van der Waals surface area contributed by atoms with E-state index in [0.717, 1.165) is 8.95 Å². The molecule has 0 atom stereocenters. The Kier molecular flexibility index (Phi) is 7.01. The number of imide groups is 1. The highest BCUT2D eigenvalue weighted by Gasteiger charge is 2.10. The van der Waals surface area contributed by atoms with Crippen molar-refractivity contribution in [3.63, 3.8) is 0 Å². The third-order valence-corrected chi connectivity index (χ3v) is 3.29. The van der Waals surface area contributed by atoms with Crippen molar-refractivity contribution in [1.29, 1.82) is 0 Å². The molecule has 3 amide bonds. The first kappa shape index (κ1) is 17.0. The van der Waals surface area contributed by atoms with Crippen LogP contribution in [-0.2, 0) is 4.79 Å². The molecule has 1 aromatic rings. The SMILES string of the molecule is CC(C)CNC(=O)NC(=O)COc1ccc(Br)cc1Br. The molecule has 0 aliphatic carbocycles. The van der Waals surface area contributed by atoms with Crippen LogP contribution in [0.5, 0.6) is 5.75 Å². The molecule has 20 heavy (non-hydrogen) atoms. The maximum Gasteiger partial charge on any atom is 0.321 e. The van der Waals surface area contributed by atoms with Crippen molar-refractivity contribution in [2.45, 2.75) is 13.8 Å². The Hall–Kier alpha value is -1.08. The van der Waals surface area contributed by atoms with Gasteiger partial charge in [-0.25, -0.2) is 4.79 Å². The van der Waals surface area contributed by atoms with E-state index in [1.165, 1.54) is 0 Å². The van der Waals surface area contributed by atoms with Gasteiger partial charge in [-0.3, -0.25) is 10.1 Å². The molecule has 0 saturated carbocycles. The van der Waals surface area contributed by atoms with E-state index in [1.54, 1.807) is 12.1 Å². The zero-order valence-electron chi connectivity index (χ0n) is 11.2. The van der Waals surface area contributed by atoms with Crippen LogP contribution in [0.25, 0.3) is 0 Å². The van der Waals surface area contributed by atoms with Gasteiger partial charge < -0.3 is 10.1 Å². The average Bonchev–Trinajstić information content (AvgIpc) is 2.35. The molecule has 1 rings (SSSR count). The quantitative estimate of drug-likeness (QED) is 0.788. The topological polar surface area (TPSA) is 67.4 Å². The van der Waals surface area contributed by atoms with Gasteiger partial charge in [-0.2, -0.15) is 0 Å². The minimum atomic E-state index is -0.512. The van der Waals surface area contributed by atoms with Crippen molar-refractivity contribution in [1.82, 2.24) is 10.6 Å². The van der Waals surface area contributed by atoms with Crippen molar-refractivity contribution in [2.75, 3.05) is 13.2 Å². The molecule has 0 aromatic heterocycles. The maximum atomic E-state index is 11.5. The van der Waals surface area contributed by atoms with E-state index in [4.69, 9.17) is 4.74 Å². The van der Waals surface area contributed by atoms with Crippen LogP contribution in [0, 0.1) is 5.92 Å². The Bertz CT molecular complexity index is 493. The molecule has 2 N–H and O–H groups in total. The van der Waals surface area contributed by atoms with Gasteiger partial charge in [0.2, 0.25) is 0 Å². The van der Waals surface area contributed by atoms with Crippen molar-refractivity contribution < 1.29 is 14.3 Å². The molecule has 0 radical (unpaired) electrons. The molecule has 110 valence electrons. The van der Waals surface area contributed by atoms with Gasteiger partial charge in [-0.15, -0.1) is 0 Å². The standard InChI is InChI=1S/C13H16Br2N2O3/c1-8(2)6-16-13(19)17-12(18)7-20-11-4-3-9(14)5-10(11)15/h3-5,8H,6-7H2,1-2H3,(H2,16,17,18,19). The lowest BCUT2D eigenvalue weighted by Crippen LogP contribution is -2.42. The summed E-state index contributed by atoms with van der Waals surface area (Å²) >= 11 is 6.64. The fourth-order valence-corrected chi connectivity index (χ4v) is 2.40. The summed E-state index contributed by atoms with van der Waals surface area (Å²) in [7, 11) is 0. The van der Waals surface area contributed by atoms with E-state index >= 15 is 0 Å². The van der Waals surface area contributed by atoms with Crippen molar-refractivity contribution >= 4 is 43.8 Å². The third-order valence-electron chi connectivity index (χ3n) is 2.18. The zero-order chi connectivity index (χ0) is 15.1. The Morgan fingerprint density at radius 1 is 1.30 bits per heavy atom. The first-order chi connectivity index (χ1) is 9.38. The Morgan fingerprint density at radius 3 is 2.60 bits per heavy atom. The van der Waals surface area contributed by atoms with Crippen LogP contribution >= 0.6 is 31.9 Å². The summed E-state index contributed by atoms with van der Waals surface area (Å²) in [4.78, 5) is 22.9. The van der Waals surface area contributed by atoms with Gasteiger partial charge in [0.05, 0.1) is 4.47 Å². The van der Waals surface area contributed by atoms with Crippen LogP contribution in [0.15, 0.2) is 27.1 Å². The second kappa shape index (κ2) is 8.26.